The van der Waals surface area contributed by atoms with E-state index in [0.29, 0.717) is 25.8 Å². The first-order valence-corrected chi connectivity index (χ1v) is 20.3. The van der Waals surface area contributed by atoms with E-state index in [1.54, 1.807) is 16.2 Å². The van der Waals surface area contributed by atoms with Crippen molar-refractivity contribution < 1.29 is 14.3 Å². The van der Waals surface area contributed by atoms with Crippen molar-refractivity contribution in [3.05, 3.63) is 47.7 Å². The molecule has 0 radical (unpaired) electrons. The number of nitrogens with zero attached hydrogens (tertiary/aromatic N) is 5. The molecule has 1 atom stereocenters. The van der Waals surface area contributed by atoms with E-state index in [1.807, 2.05) is 45.5 Å². The maximum Gasteiger partial charge on any atom is 0.410 e. The number of ether oxygens (including phenoxy) is 2. The number of benzene rings is 1. The molecule has 0 unspecified atom stereocenters. The largest absolute Gasteiger partial charge is 0.444 e. The lowest BCUT2D eigenvalue weighted by atomic mass is 9.82. The van der Waals surface area contributed by atoms with Gasteiger partial charge in [0.05, 0.1) is 11.2 Å². The molecule has 1 aliphatic heterocycles. The Balaban J connectivity index is 1.44. The van der Waals surface area contributed by atoms with Gasteiger partial charge < -0.3 is 24.3 Å². The molecule has 1 fully saturated rings. The minimum Gasteiger partial charge on any atom is -0.444 e. The molecule has 0 spiro atoms. The summed E-state index contributed by atoms with van der Waals surface area (Å²) in [6, 6.07) is 7.60. The Bertz CT molecular complexity index is 1640. The summed E-state index contributed by atoms with van der Waals surface area (Å²) in [4.78, 5) is 29.0. The van der Waals surface area contributed by atoms with Crippen LogP contribution in [0, 0.1) is 12.3 Å². The van der Waals surface area contributed by atoms with Crippen molar-refractivity contribution in [3.8, 4) is 21.8 Å². The van der Waals surface area contributed by atoms with E-state index in [2.05, 4.69) is 77.7 Å². The van der Waals surface area contributed by atoms with E-state index in [0.717, 1.165) is 57.4 Å². The number of amides is 1. The number of thiazole rings is 1. The Kier molecular flexibility index (Phi) is 9.44. The van der Waals surface area contributed by atoms with Crippen LogP contribution in [0.4, 0.5) is 10.7 Å². The Morgan fingerprint density at radius 3 is 2.67 bits per heavy atom. The second-order valence-corrected chi connectivity index (χ2v) is 21.7. The van der Waals surface area contributed by atoms with Crippen LogP contribution >= 0.6 is 11.3 Å². The number of rotatable bonds is 9. The second-order valence-electron chi connectivity index (χ2n) is 15.2. The maximum atomic E-state index is 13.0. The van der Waals surface area contributed by atoms with Crippen molar-refractivity contribution in [2.45, 2.75) is 92.0 Å². The average molecular weight is 649 g/mol. The van der Waals surface area contributed by atoms with Crippen LogP contribution in [0.1, 0.15) is 46.6 Å². The average Bonchev–Trinajstić information content (AvgIpc) is 3.58. The molecule has 9 nitrogen and oxygen atoms in total. The van der Waals surface area contributed by atoms with Gasteiger partial charge in [-0.05, 0) is 57.2 Å². The summed E-state index contributed by atoms with van der Waals surface area (Å²) in [5.74, 6) is 0.550. The van der Waals surface area contributed by atoms with Crippen LogP contribution in [-0.2, 0) is 16.2 Å². The molecule has 45 heavy (non-hydrogen) atoms. The van der Waals surface area contributed by atoms with Gasteiger partial charge in [-0.25, -0.2) is 19.7 Å². The van der Waals surface area contributed by atoms with Crippen molar-refractivity contribution >= 4 is 42.4 Å². The predicted octanol–water partition coefficient (Wildman–Crippen LogP) is 8.29. The highest BCUT2D eigenvalue weighted by Gasteiger charge is 2.37. The number of likely N-dealkylation sites (tertiary alicyclic amines) is 1. The highest BCUT2D eigenvalue weighted by molar-refractivity contribution is 7.13. The molecule has 4 heterocycles. The van der Waals surface area contributed by atoms with E-state index in [-0.39, 0.29) is 17.6 Å². The predicted molar refractivity (Wildman–Crippen MR) is 187 cm³/mol. The van der Waals surface area contributed by atoms with E-state index in [1.165, 1.54) is 0 Å². The molecule has 1 amide bonds. The van der Waals surface area contributed by atoms with Gasteiger partial charge in [0.15, 0.2) is 0 Å². The van der Waals surface area contributed by atoms with Gasteiger partial charge in [0.1, 0.15) is 17.3 Å². The standard InChI is InChI=1S/C34H48N6O3SSi/c1-23-18-36-31(37-25-17-34(5,6)21-39(19-25)32(41)43-33(2,3)4)38-29(23)27-20-40(22-42-13-15-45(7,8)9)28-16-24(10-11-26(27)28)30-35-12-14-44-30/h10-12,14,16,18,20,25H,13,15,17,19,21-22H2,1-9H3,(H,36,37,38)/t25-/m0/s1. The first kappa shape index (κ1) is 33.1. The van der Waals surface area contributed by atoms with Gasteiger partial charge in [-0.15, -0.1) is 11.3 Å². The molecule has 0 saturated carbocycles. The Morgan fingerprint density at radius 2 is 1.98 bits per heavy atom. The van der Waals surface area contributed by atoms with E-state index in [4.69, 9.17) is 14.5 Å². The van der Waals surface area contributed by atoms with Gasteiger partial charge in [0.2, 0.25) is 5.95 Å². The molecule has 5 rings (SSSR count). The summed E-state index contributed by atoms with van der Waals surface area (Å²) in [7, 11) is -1.20. The third-order valence-electron chi connectivity index (χ3n) is 7.86. The summed E-state index contributed by atoms with van der Waals surface area (Å²) in [5.41, 5.74) is 4.44. The van der Waals surface area contributed by atoms with Crippen molar-refractivity contribution in [1.29, 1.82) is 0 Å². The fourth-order valence-corrected chi connectivity index (χ4v) is 7.19. The summed E-state index contributed by atoms with van der Waals surface area (Å²) in [5, 5.41) is 7.65. The number of hydrogen-bond acceptors (Lipinski definition) is 8. The molecule has 0 bridgehead atoms. The fraction of sp³-hybridized carbons (Fsp3) is 0.529. The Morgan fingerprint density at radius 1 is 1.20 bits per heavy atom. The molecule has 11 heteroatoms. The molecular formula is C34H48N6O3SSi. The van der Waals surface area contributed by atoms with Crippen molar-refractivity contribution in [1.82, 2.24) is 24.4 Å². The Labute approximate surface area is 272 Å². The molecule has 1 aromatic carbocycles. The summed E-state index contributed by atoms with van der Waals surface area (Å²) >= 11 is 1.63. The summed E-state index contributed by atoms with van der Waals surface area (Å²) in [6.45, 7) is 21.6. The van der Waals surface area contributed by atoms with Gasteiger partial charge >= 0.3 is 6.09 Å². The van der Waals surface area contributed by atoms with Crippen molar-refractivity contribution in [3.63, 3.8) is 0 Å². The normalized spacial score (nSPS) is 17.1. The number of nitrogens with one attached hydrogen (secondary N) is 1. The summed E-state index contributed by atoms with van der Waals surface area (Å²) < 4.78 is 14.1. The smallest absolute Gasteiger partial charge is 0.410 e. The topological polar surface area (TPSA) is 94.4 Å². The van der Waals surface area contributed by atoms with Crippen LogP contribution in [0.25, 0.3) is 32.7 Å². The van der Waals surface area contributed by atoms with Crippen LogP contribution in [0.5, 0.6) is 0 Å². The second kappa shape index (κ2) is 12.8. The number of piperidine rings is 1. The maximum absolute atomic E-state index is 13.0. The molecule has 3 aromatic heterocycles. The third kappa shape index (κ3) is 8.50. The lowest BCUT2D eigenvalue weighted by molar-refractivity contribution is 0.00710. The molecule has 4 aromatic rings. The number of carbonyl (C=O) groups excluding carboxylic acids is 1. The highest BCUT2D eigenvalue weighted by atomic mass is 32.1. The number of carbonyl (C=O) groups is 1. The van der Waals surface area contributed by atoms with E-state index in [9.17, 15) is 4.79 Å². The SMILES string of the molecule is Cc1cnc(N[C@@H]2CN(C(=O)OC(C)(C)C)CC(C)(C)C2)nc1-c1cn(COCC[Si](C)(C)C)c2cc(-c3nccs3)ccc12. The lowest BCUT2D eigenvalue weighted by Crippen LogP contribution is -2.53. The van der Waals surface area contributed by atoms with Gasteiger partial charge in [0.25, 0.3) is 0 Å². The number of aryl methyl sites for hydroxylation is 1. The van der Waals surface area contributed by atoms with Gasteiger partial charge in [-0.3, -0.25) is 0 Å². The Hall–Kier alpha value is -3.28. The number of anilines is 1. The zero-order valence-corrected chi connectivity index (χ0v) is 30.0. The zero-order chi connectivity index (χ0) is 32.6. The van der Waals surface area contributed by atoms with E-state index < -0.39 is 13.7 Å². The zero-order valence-electron chi connectivity index (χ0n) is 28.2. The van der Waals surface area contributed by atoms with Crippen LogP contribution < -0.4 is 5.32 Å². The lowest BCUT2D eigenvalue weighted by Gasteiger charge is -2.42. The quantitative estimate of drug-likeness (QED) is 0.144. The molecular weight excluding hydrogens is 601 g/mol. The number of fused-ring (bicyclic) bond motifs is 1. The molecule has 1 N–H and O–H groups in total. The highest BCUT2D eigenvalue weighted by Crippen LogP contribution is 2.36. The van der Waals surface area contributed by atoms with Crippen molar-refractivity contribution in [2.24, 2.45) is 5.41 Å². The van der Waals surface area contributed by atoms with Crippen LogP contribution in [-0.4, -0.2) is 69.9 Å². The van der Waals surface area contributed by atoms with Gasteiger partial charge in [-0.1, -0.05) is 45.6 Å². The molecule has 242 valence electrons. The minimum atomic E-state index is -1.20. The molecule has 1 saturated heterocycles. The van der Waals surface area contributed by atoms with E-state index >= 15 is 0 Å². The number of aromatic nitrogens is 4. The molecule has 0 aliphatic carbocycles. The third-order valence-corrected chi connectivity index (χ3v) is 10.4. The minimum absolute atomic E-state index is 0.0150. The molecule has 1 aliphatic rings. The monoisotopic (exact) mass is 648 g/mol. The first-order chi connectivity index (χ1) is 21.1. The van der Waals surface area contributed by atoms with Crippen LogP contribution in [0.2, 0.25) is 25.7 Å². The van der Waals surface area contributed by atoms with Crippen LogP contribution in [0.3, 0.4) is 0 Å². The number of hydrogen-bond donors (Lipinski definition) is 1. The summed E-state index contributed by atoms with van der Waals surface area (Å²) in [6.07, 6.45) is 6.46. The first-order valence-electron chi connectivity index (χ1n) is 15.8. The van der Waals surface area contributed by atoms with Crippen molar-refractivity contribution in [2.75, 3.05) is 25.0 Å². The fourth-order valence-electron chi connectivity index (χ4n) is 5.80. The van der Waals surface area contributed by atoms with Gasteiger partial charge in [0, 0.05) is 74.3 Å². The van der Waals surface area contributed by atoms with Crippen LogP contribution in [0.15, 0.2) is 42.2 Å². The van der Waals surface area contributed by atoms with Gasteiger partial charge in [-0.2, -0.15) is 0 Å².